The Balaban J connectivity index is 1.27. The fourth-order valence-electron chi connectivity index (χ4n) is 4.45. The Kier molecular flexibility index (Phi) is 5.46. The molecule has 1 aromatic carbocycles. The summed E-state index contributed by atoms with van der Waals surface area (Å²) < 4.78 is 0. The van der Waals surface area contributed by atoms with Crippen molar-refractivity contribution in [1.82, 2.24) is 19.8 Å². The van der Waals surface area contributed by atoms with E-state index in [0.717, 1.165) is 32.0 Å². The van der Waals surface area contributed by atoms with Gasteiger partial charge in [0.25, 0.3) is 0 Å². The second-order valence-corrected chi connectivity index (χ2v) is 8.75. The van der Waals surface area contributed by atoms with Crippen molar-refractivity contribution in [3.63, 3.8) is 0 Å². The Labute approximate surface area is 180 Å². The second-order valence-electron chi connectivity index (χ2n) is 7.75. The molecule has 1 amide bonds. The first-order valence-electron chi connectivity index (χ1n) is 10.4. The van der Waals surface area contributed by atoms with E-state index in [-0.39, 0.29) is 11.9 Å². The molecule has 0 saturated carbocycles. The van der Waals surface area contributed by atoms with E-state index in [1.165, 1.54) is 16.0 Å². The molecule has 1 fully saturated rings. The number of thiophene rings is 1. The first-order valence-corrected chi connectivity index (χ1v) is 11.3. The maximum Gasteiger partial charge on any atom is 0.236 e. The molecular weight excluding hydrogens is 394 g/mol. The van der Waals surface area contributed by atoms with E-state index in [0.29, 0.717) is 19.6 Å². The molecule has 1 saturated heterocycles. The zero-order valence-corrected chi connectivity index (χ0v) is 17.7. The Morgan fingerprint density at radius 1 is 0.967 bits per heavy atom. The molecular formula is C23H25N5OS. The maximum absolute atomic E-state index is 13.2. The molecule has 2 aliphatic heterocycles. The summed E-state index contributed by atoms with van der Waals surface area (Å²) in [7, 11) is 0. The normalized spacial score (nSPS) is 19.5. The van der Waals surface area contributed by atoms with E-state index < -0.39 is 0 Å². The molecule has 0 spiro atoms. The molecule has 154 valence electrons. The van der Waals surface area contributed by atoms with E-state index in [1.807, 2.05) is 28.4 Å². The fourth-order valence-corrected chi connectivity index (χ4v) is 5.35. The first-order chi connectivity index (χ1) is 14.8. The summed E-state index contributed by atoms with van der Waals surface area (Å²) in [4.78, 5) is 29.8. The Morgan fingerprint density at radius 3 is 2.50 bits per heavy atom. The third-order valence-electron chi connectivity index (χ3n) is 5.99. The van der Waals surface area contributed by atoms with Gasteiger partial charge in [0.05, 0.1) is 12.6 Å². The topological polar surface area (TPSA) is 52.6 Å². The van der Waals surface area contributed by atoms with Crippen molar-refractivity contribution in [3.8, 4) is 0 Å². The fraction of sp³-hybridized carbons (Fsp3) is 0.348. The number of carbonyl (C=O) groups is 1. The molecule has 0 unspecified atom stereocenters. The largest absolute Gasteiger partial charge is 0.338 e. The van der Waals surface area contributed by atoms with Crippen molar-refractivity contribution < 1.29 is 4.79 Å². The van der Waals surface area contributed by atoms with Gasteiger partial charge >= 0.3 is 0 Å². The van der Waals surface area contributed by atoms with E-state index >= 15 is 0 Å². The predicted octanol–water partition coefficient (Wildman–Crippen LogP) is 2.83. The quantitative estimate of drug-likeness (QED) is 0.651. The molecule has 0 bridgehead atoms. The molecule has 2 aromatic heterocycles. The van der Waals surface area contributed by atoms with Crippen LogP contribution in [0.4, 0.5) is 5.95 Å². The van der Waals surface area contributed by atoms with Crippen molar-refractivity contribution >= 4 is 23.2 Å². The van der Waals surface area contributed by atoms with Crippen molar-refractivity contribution in [2.24, 2.45) is 0 Å². The second kappa shape index (κ2) is 8.53. The van der Waals surface area contributed by atoms with Crippen LogP contribution in [0.3, 0.4) is 0 Å². The standard InChI is InChI=1S/C23H25N5OS/c29-21(26-12-14-27(15-13-26)23-24-9-4-10-25-23)17-28-11-7-20-19(8-16-30-20)22(28)18-5-2-1-3-6-18/h1-6,8-10,16,22H,7,11-15,17H2/t22-/m0/s1. The van der Waals surface area contributed by atoms with Crippen LogP contribution in [-0.4, -0.2) is 64.9 Å². The summed E-state index contributed by atoms with van der Waals surface area (Å²) >= 11 is 1.83. The zero-order valence-electron chi connectivity index (χ0n) is 16.9. The van der Waals surface area contributed by atoms with Gasteiger partial charge in [-0.15, -0.1) is 11.3 Å². The molecule has 5 rings (SSSR count). The summed E-state index contributed by atoms with van der Waals surface area (Å²) in [5, 5.41) is 2.18. The molecule has 4 heterocycles. The van der Waals surface area contributed by atoms with E-state index in [9.17, 15) is 4.79 Å². The van der Waals surface area contributed by atoms with Crippen molar-refractivity contribution in [3.05, 3.63) is 76.2 Å². The number of nitrogens with zero attached hydrogens (tertiary/aromatic N) is 5. The lowest BCUT2D eigenvalue weighted by atomic mass is 9.93. The van der Waals surface area contributed by atoms with Crippen LogP contribution in [0.5, 0.6) is 0 Å². The highest BCUT2D eigenvalue weighted by Gasteiger charge is 2.32. The maximum atomic E-state index is 13.2. The number of benzene rings is 1. The molecule has 6 nitrogen and oxygen atoms in total. The lowest BCUT2D eigenvalue weighted by molar-refractivity contribution is -0.133. The van der Waals surface area contributed by atoms with Crippen LogP contribution in [0.15, 0.2) is 60.2 Å². The minimum atomic E-state index is 0.157. The highest BCUT2D eigenvalue weighted by molar-refractivity contribution is 7.10. The molecule has 0 N–H and O–H groups in total. The van der Waals surface area contributed by atoms with Gasteiger partial charge in [-0.05, 0) is 35.1 Å². The molecule has 7 heteroatoms. The lowest BCUT2D eigenvalue weighted by Crippen LogP contribution is -2.52. The SMILES string of the molecule is O=C(CN1CCc2sccc2[C@@H]1c1ccccc1)N1CCN(c2ncccn2)CC1. The van der Waals surface area contributed by atoms with Crippen LogP contribution < -0.4 is 4.90 Å². The Bertz CT molecular complexity index is 985. The van der Waals surface area contributed by atoms with Crippen LogP contribution in [-0.2, 0) is 11.2 Å². The average Bonchev–Trinajstić information content (AvgIpc) is 3.29. The van der Waals surface area contributed by atoms with Gasteiger partial charge in [0.2, 0.25) is 11.9 Å². The third-order valence-corrected chi connectivity index (χ3v) is 6.98. The van der Waals surface area contributed by atoms with Crippen molar-refractivity contribution in [2.45, 2.75) is 12.5 Å². The summed E-state index contributed by atoms with van der Waals surface area (Å²) in [5.41, 5.74) is 2.62. The highest BCUT2D eigenvalue weighted by atomic mass is 32.1. The number of fused-ring (bicyclic) bond motifs is 1. The Morgan fingerprint density at radius 2 is 1.73 bits per heavy atom. The number of amides is 1. The molecule has 3 aromatic rings. The number of hydrogen-bond acceptors (Lipinski definition) is 6. The minimum absolute atomic E-state index is 0.157. The predicted molar refractivity (Wildman–Crippen MR) is 119 cm³/mol. The third kappa shape index (κ3) is 3.82. The van der Waals surface area contributed by atoms with Gasteiger partial charge < -0.3 is 9.80 Å². The van der Waals surface area contributed by atoms with Gasteiger partial charge in [0.1, 0.15) is 0 Å². The summed E-state index contributed by atoms with van der Waals surface area (Å²) in [6, 6.07) is 14.8. The number of piperazine rings is 1. The van der Waals surface area contributed by atoms with Crippen LogP contribution in [0.1, 0.15) is 22.0 Å². The highest BCUT2D eigenvalue weighted by Crippen LogP contribution is 2.37. The average molecular weight is 420 g/mol. The number of anilines is 1. The summed E-state index contributed by atoms with van der Waals surface area (Å²) in [6.07, 6.45) is 4.54. The molecule has 0 aliphatic carbocycles. The van der Waals surface area contributed by atoms with Crippen LogP contribution >= 0.6 is 11.3 Å². The van der Waals surface area contributed by atoms with Crippen molar-refractivity contribution in [1.29, 1.82) is 0 Å². The van der Waals surface area contributed by atoms with Crippen molar-refractivity contribution in [2.75, 3.05) is 44.2 Å². The smallest absolute Gasteiger partial charge is 0.236 e. The molecule has 0 radical (unpaired) electrons. The number of carbonyl (C=O) groups excluding carboxylic acids is 1. The molecule has 1 atom stereocenters. The van der Waals surface area contributed by atoms with Gasteiger partial charge in [0.15, 0.2) is 0 Å². The molecule has 30 heavy (non-hydrogen) atoms. The lowest BCUT2D eigenvalue weighted by Gasteiger charge is -2.39. The van der Waals surface area contributed by atoms with Crippen LogP contribution in [0.2, 0.25) is 0 Å². The monoisotopic (exact) mass is 419 g/mol. The first kappa shape index (κ1) is 19.2. The zero-order chi connectivity index (χ0) is 20.3. The Hall–Kier alpha value is -2.77. The van der Waals surface area contributed by atoms with Gasteiger partial charge in [-0.2, -0.15) is 0 Å². The van der Waals surface area contributed by atoms with Gasteiger partial charge in [0, 0.05) is 50.0 Å². The minimum Gasteiger partial charge on any atom is -0.338 e. The number of aromatic nitrogens is 2. The van der Waals surface area contributed by atoms with Gasteiger partial charge in [-0.25, -0.2) is 9.97 Å². The van der Waals surface area contributed by atoms with Crippen LogP contribution in [0, 0.1) is 0 Å². The van der Waals surface area contributed by atoms with E-state index in [2.05, 4.69) is 55.5 Å². The summed E-state index contributed by atoms with van der Waals surface area (Å²) in [5.74, 6) is 0.956. The number of hydrogen-bond donors (Lipinski definition) is 0. The number of rotatable bonds is 4. The van der Waals surface area contributed by atoms with E-state index in [1.54, 1.807) is 12.4 Å². The molecule has 2 aliphatic rings. The van der Waals surface area contributed by atoms with Gasteiger partial charge in [-0.3, -0.25) is 9.69 Å². The summed E-state index contributed by atoms with van der Waals surface area (Å²) in [6.45, 7) is 4.33. The van der Waals surface area contributed by atoms with Gasteiger partial charge in [-0.1, -0.05) is 30.3 Å². The van der Waals surface area contributed by atoms with Crippen LogP contribution in [0.25, 0.3) is 0 Å². The van der Waals surface area contributed by atoms with E-state index in [4.69, 9.17) is 0 Å².